The quantitative estimate of drug-likeness (QED) is 0.581. The van der Waals surface area contributed by atoms with Crippen LogP contribution in [0.1, 0.15) is 45.1 Å². The topological polar surface area (TPSA) is 66.5 Å². The van der Waals surface area contributed by atoms with Crippen molar-refractivity contribution < 1.29 is 26.4 Å². The van der Waals surface area contributed by atoms with Crippen LogP contribution in [0.2, 0.25) is 5.02 Å². The summed E-state index contributed by atoms with van der Waals surface area (Å²) in [4.78, 5) is 12.3. The molecule has 0 saturated heterocycles. The van der Waals surface area contributed by atoms with Crippen LogP contribution in [0.3, 0.4) is 0 Å². The summed E-state index contributed by atoms with van der Waals surface area (Å²) in [5.41, 5.74) is -1.43. The number of anilines is 1. The number of nitrogens with zero attached hydrogens (tertiary/aromatic N) is 1. The Bertz CT molecular complexity index is 770. The lowest BCUT2D eigenvalue weighted by molar-refractivity contribution is -0.137. The Morgan fingerprint density at radius 3 is 2.43 bits per heavy atom. The molecule has 1 rings (SSSR count). The number of unbranched alkanes of at least 4 members (excludes halogenated alkanes) is 1. The van der Waals surface area contributed by atoms with Gasteiger partial charge in [0.05, 0.1) is 22.5 Å². The van der Waals surface area contributed by atoms with Crippen molar-refractivity contribution in [1.29, 1.82) is 0 Å². The highest BCUT2D eigenvalue weighted by Crippen LogP contribution is 2.36. The number of rotatable bonds is 10. The highest BCUT2D eigenvalue weighted by molar-refractivity contribution is 7.92. The summed E-state index contributed by atoms with van der Waals surface area (Å²) in [7, 11) is -4.04. The minimum atomic E-state index is -4.67. The van der Waals surface area contributed by atoms with Gasteiger partial charge in [0.1, 0.15) is 6.54 Å². The van der Waals surface area contributed by atoms with Gasteiger partial charge in [-0.2, -0.15) is 13.2 Å². The molecule has 0 aliphatic carbocycles. The largest absolute Gasteiger partial charge is 0.416 e. The van der Waals surface area contributed by atoms with Gasteiger partial charge in [0, 0.05) is 6.54 Å². The maximum atomic E-state index is 13.0. The summed E-state index contributed by atoms with van der Waals surface area (Å²) in [6, 6.07) is 2.35. The Morgan fingerprint density at radius 1 is 1.29 bits per heavy atom. The molecule has 0 aliphatic rings. The molecule has 0 radical (unpaired) electrons. The normalized spacial score (nSPS) is 13.2. The number of nitrogens with one attached hydrogen (secondary N) is 1. The number of hydrogen-bond acceptors (Lipinski definition) is 3. The molecule has 10 heteroatoms. The maximum absolute atomic E-state index is 13.0. The van der Waals surface area contributed by atoms with E-state index >= 15 is 0 Å². The molecule has 0 aromatic heterocycles. The maximum Gasteiger partial charge on any atom is 0.416 e. The number of amides is 1. The second-order valence-electron chi connectivity index (χ2n) is 6.65. The second-order valence-corrected chi connectivity index (χ2v) is 8.97. The van der Waals surface area contributed by atoms with Crippen molar-refractivity contribution in [3.8, 4) is 0 Å². The molecular formula is C18H26ClF3N2O3S. The van der Waals surface area contributed by atoms with Crippen molar-refractivity contribution in [3.05, 3.63) is 28.8 Å². The molecule has 0 spiro atoms. The highest BCUT2D eigenvalue weighted by atomic mass is 35.5. The predicted molar refractivity (Wildman–Crippen MR) is 105 cm³/mol. The molecule has 0 heterocycles. The van der Waals surface area contributed by atoms with E-state index in [1.165, 1.54) is 0 Å². The smallest absolute Gasteiger partial charge is 0.354 e. The zero-order chi connectivity index (χ0) is 21.5. The average molecular weight is 443 g/mol. The molecule has 5 nitrogen and oxygen atoms in total. The summed E-state index contributed by atoms with van der Waals surface area (Å²) in [6.07, 6.45) is -0.0204. The van der Waals surface area contributed by atoms with Gasteiger partial charge in [0.2, 0.25) is 15.9 Å². The van der Waals surface area contributed by atoms with E-state index in [1.54, 1.807) is 0 Å². The number of halogens is 4. The zero-order valence-electron chi connectivity index (χ0n) is 16.1. The first kappa shape index (κ1) is 24.6. The van der Waals surface area contributed by atoms with E-state index in [1.807, 2.05) is 6.92 Å². The minimum absolute atomic E-state index is 0.194. The van der Waals surface area contributed by atoms with Crippen LogP contribution in [0.15, 0.2) is 18.2 Å². The van der Waals surface area contributed by atoms with Crippen molar-refractivity contribution in [2.24, 2.45) is 5.92 Å². The second kappa shape index (κ2) is 10.3. The molecule has 28 heavy (non-hydrogen) atoms. The van der Waals surface area contributed by atoms with E-state index < -0.39 is 34.2 Å². The van der Waals surface area contributed by atoms with Gasteiger partial charge in [-0.05, 0) is 30.5 Å². The SMILES string of the molecule is CCCC[C@@H](CC)CNC(=O)CN(c1cc(C(F)(F)F)ccc1Cl)S(C)(=O)=O. The van der Waals surface area contributed by atoms with Gasteiger partial charge < -0.3 is 5.32 Å². The van der Waals surface area contributed by atoms with Crippen molar-refractivity contribution in [2.75, 3.05) is 23.7 Å². The molecule has 1 atom stereocenters. The Balaban J connectivity index is 3.01. The van der Waals surface area contributed by atoms with Crippen molar-refractivity contribution in [3.63, 3.8) is 0 Å². The lowest BCUT2D eigenvalue weighted by Crippen LogP contribution is -2.42. The van der Waals surface area contributed by atoms with Crippen LogP contribution in [0, 0.1) is 5.92 Å². The number of carbonyl (C=O) groups excluding carboxylic acids is 1. The van der Waals surface area contributed by atoms with Gasteiger partial charge in [0.25, 0.3) is 0 Å². The average Bonchev–Trinajstić information content (AvgIpc) is 2.58. The molecule has 0 aliphatic heterocycles. The van der Waals surface area contributed by atoms with Gasteiger partial charge in [0.15, 0.2) is 0 Å². The standard InChI is InChI=1S/C18H26ClF3N2O3S/c1-4-6-7-13(5-2)11-23-17(25)12-24(28(3,26)27)16-10-14(18(20,21)22)8-9-15(16)19/h8-10,13H,4-7,11-12H2,1-3H3,(H,23,25)/t13-/m1/s1. The molecule has 0 bridgehead atoms. The third-order valence-electron chi connectivity index (χ3n) is 4.36. The Hall–Kier alpha value is -1.48. The Morgan fingerprint density at radius 2 is 1.93 bits per heavy atom. The number of hydrogen-bond donors (Lipinski definition) is 1. The first-order chi connectivity index (χ1) is 12.9. The number of sulfonamides is 1. The van der Waals surface area contributed by atoms with Crippen LogP contribution in [-0.4, -0.2) is 33.7 Å². The predicted octanol–water partition coefficient (Wildman–Crippen LogP) is 4.46. The molecule has 1 amide bonds. The fourth-order valence-corrected chi connectivity index (χ4v) is 3.78. The van der Waals surface area contributed by atoms with Crippen LogP contribution >= 0.6 is 11.6 Å². The summed E-state index contributed by atoms with van der Waals surface area (Å²) in [6.45, 7) is 3.79. The zero-order valence-corrected chi connectivity index (χ0v) is 17.7. The molecule has 0 unspecified atom stereocenters. The lowest BCUT2D eigenvalue weighted by atomic mass is 9.99. The van der Waals surface area contributed by atoms with Gasteiger partial charge in [-0.15, -0.1) is 0 Å². The first-order valence-corrected chi connectivity index (χ1v) is 11.2. The first-order valence-electron chi connectivity index (χ1n) is 9.01. The van der Waals surface area contributed by atoms with Gasteiger partial charge in [-0.25, -0.2) is 8.42 Å². The Kier molecular flexibility index (Phi) is 9.07. The van der Waals surface area contributed by atoms with Crippen molar-refractivity contribution in [2.45, 2.75) is 45.7 Å². The van der Waals surface area contributed by atoms with Crippen molar-refractivity contribution in [1.82, 2.24) is 5.32 Å². The van der Waals surface area contributed by atoms with Crippen LogP contribution in [-0.2, 0) is 21.0 Å². The molecule has 160 valence electrons. The van der Waals surface area contributed by atoms with Gasteiger partial charge >= 0.3 is 6.18 Å². The fraction of sp³-hybridized carbons (Fsp3) is 0.611. The van der Waals surface area contributed by atoms with Crippen LogP contribution in [0.4, 0.5) is 18.9 Å². The van der Waals surface area contributed by atoms with E-state index in [2.05, 4.69) is 12.2 Å². The Labute approximate surface area is 169 Å². The van der Waals surface area contributed by atoms with E-state index in [9.17, 15) is 26.4 Å². The van der Waals surface area contributed by atoms with Crippen LogP contribution in [0.25, 0.3) is 0 Å². The van der Waals surface area contributed by atoms with Crippen molar-refractivity contribution >= 4 is 33.2 Å². The number of alkyl halides is 3. The molecule has 0 saturated carbocycles. The molecule has 0 fully saturated rings. The molecule has 1 aromatic carbocycles. The summed E-state index contributed by atoms with van der Waals surface area (Å²) >= 11 is 5.93. The van der Waals surface area contributed by atoms with E-state index in [-0.39, 0.29) is 16.6 Å². The highest BCUT2D eigenvalue weighted by Gasteiger charge is 2.33. The van der Waals surface area contributed by atoms with Gasteiger partial charge in [-0.3, -0.25) is 9.10 Å². The summed E-state index contributed by atoms with van der Waals surface area (Å²) < 4.78 is 63.8. The van der Waals surface area contributed by atoms with Gasteiger partial charge in [-0.1, -0.05) is 44.7 Å². The lowest BCUT2D eigenvalue weighted by Gasteiger charge is -2.24. The van der Waals surface area contributed by atoms with Crippen LogP contribution < -0.4 is 9.62 Å². The minimum Gasteiger partial charge on any atom is -0.354 e. The number of carbonyl (C=O) groups is 1. The third kappa shape index (κ3) is 7.50. The molecule has 1 aromatic rings. The van der Waals surface area contributed by atoms with E-state index in [4.69, 9.17) is 11.6 Å². The third-order valence-corrected chi connectivity index (χ3v) is 5.81. The summed E-state index contributed by atoms with van der Waals surface area (Å²) in [5, 5.41) is 2.47. The fourth-order valence-electron chi connectivity index (χ4n) is 2.65. The van der Waals surface area contributed by atoms with E-state index in [0.717, 1.165) is 44.1 Å². The van der Waals surface area contributed by atoms with E-state index in [0.29, 0.717) is 16.9 Å². The molecular weight excluding hydrogens is 417 g/mol. The monoisotopic (exact) mass is 442 g/mol. The molecule has 1 N–H and O–H groups in total. The van der Waals surface area contributed by atoms with Crippen LogP contribution in [0.5, 0.6) is 0 Å². The summed E-state index contributed by atoms with van der Waals surface area (Å²) in [5.74, 6) is -0.346. The number of benzene rings is 1.